The third-order valence-electron chi connectivity index (χ3n) is 3.68. The van der Waals surface area contributed by atoms with Gasteiger partial charge < -0.3 is 5.11 Å². The maximum absolute atomic E-state index is 9.61. The number of hydrogen-bond donors (Lipinski definition) is 1. The lowest BCUT2D eigenvalue weighted by molar-refractivity contribution is -0.0156. The Hall–Kier alpha value is -0.0400. The Morgan fingerprint density at radius 2 is 2.09 bits per heavy atom. The molecule has 1 heteroatoms. The van der Waals surface area contributed by atoms with E-state index in [4.69, 9.17) is 0 Å². The zero-order chi connectivity index (χ0) is 8.48. The van der Waals surface area contributed by atoms with E-state index in [0.29, 0.717) is 5.92 Å². The Labute approximate surface area is 69.8 Å². The van der Waals surface area contributed by atoms with Gasteiger partial charge in [0.1, 0.15) is 0 Å². The molecule has 1 N–H and O–H groups in total. The SMILES string of the molecule is CC1CCCC[C@]1(C)[C@@H](C)O. The molecule has 0 heterocycles. The molecule has 0 saturated heterocycles. The zero-order valence-corrected chi connectivity index (χ0v) is 7.93. The van der Waals surface area contributed by atoms with Crippen LogP contribution in [0.3, 0.4) is 0 Å². The normalized spacial score (nSPS) is 42.0. The molecule has 11 heavy (non-hydrogen) atoms. The summed E-state index contributed by atoms with van der Waals surface area (Å²) in [6.45, 7) is 6.43. The molecule has 1 saturated carbocycles. The van der Waals surface area contributed by atoms with Crippen molar-refractivity contribution in [2.45, 2.75) is 52.6 Å². The van der Waals surface area contributed by atoms with Crippen LogP contribution >= 0.6 is 0 Å². The van der Waals surface area contributed by atoms with E-state index in [1.165, 1.54) is 25.7 Å². The van der Waals surface area contributed by atoms with Gasteiger partial charge in [-0.05, 0) is 24.7 Å². The van der Waals surface area contributed by atoms with Gasteiger partial charge in [0.05, 0.1) is 6.10 Å². The quantitative estimate of drug-likeness (QED) is 0.618. The Balaban J connectivity index is 2.64. The molecular weight excluding hydrogens is 136 g/mol. The second-order valence-corrected chi connectivity index (χ2v) is 4.33. The zero-order valence-electron chi connectivity index (χ0n) is 7.93. The van der Waals surface area contributed by atoms with Crippen LogP contribution in [0.2, 0.25) is 0 Å². The number of hydrogen-bond acceptors (Lipinski definition) is 1. The minimum absolute atomic E-state index is 0.141. The van der Waals surface area contributed by atoms with E-state index in [1.807, 2.05) is 6.92 Å². The molecule has 0 aliphatic heterocycles. The van der Waals surface area contributed by atoms with Gasteiger partial charge in [0.2, 0.25) is 0 Å². The van der Waals surface area contributed by atoms with Crippen molar-refractivity contribution in [3.8, 4) is 0 Å². The highest BCUT2D eigenvalue weighted by Crippen LogP contribution is 2.43. The van der Waals surface area contributed by atoms with Crippen LogP contribution in [0.5, 0.6) is 0 Å². The fourth-order valence-corrected chi connectivity index (χ4v) is 2.15. The first-order valence-corrected chi connectivity index (χ1v) is 4.75. The van der Waals surface area contributed by atoms with Gasteiger partial charge in [-0.1, -0.05) is 33.1 Å². The molecule has 1 nitrogen and oxygen atoms in total. The van der Waals surface area contributed by atoms with Crippen molar-refractivity contribution in [3.63, 3.8) is 0 Å². The number of rotatable bonds is 1. The lowest BCUT2D eigenvalue weighted by Crippen LogP contribution is -2.38. The molecular formula is C10H20O. The Bertz CT molecular complexity index is 131. The van der Waals surface area contributed by atoms with Gasteiger partial charge in [0.25, 0.3) is 0 Å². The highest BCUT2D eigenvalue weighted by Gasteiger charge is 2.37. The Morgan fingerprint density at radius 3 is 2.45 bits per heavy atom. The molecule has 1 aliphatic carbocycles. The third kappa shape index (κ3) is 1.58. The van der Waals surface area contributed by atoms with E-state index in [1.54, 1.807) is 0 Å². The minimum Gasteiger partial charge on any atom is -0.393 e. The van der Waals surface area contributed by atoms with Crippen LogP contribution in [-0.2, 0) is 0 Å². The van der Waals surface area contributed by atoms with Crippen LogP contribution in [-0.4, -0.2) is 11.2 Å². The van der Waals surface area contributed by atoms with Crippen molar-refractivity contribution in [1.29, 1.82) is 0 Å². The monoisotopic (exact) mass is 156 g/mol. The largest absolute Gasteiger partial charge is 0.393 e. The lowest BCUT2D eigenvalue weighted by Gasteiger charge is -2.42. The van der Waals surface area contributed by atoms with Crippen molar-refractivity contribution in [3.05, 3.63) is 0 Å². The topological polar surface area (TPSA) is 20.2 Å². The Kier molecular flexibility index (Phi) is 2.58. The Morgan fingerprint density at radius 1 is 1.45 bits per heavy atom. The summed E-state index contributed by atoms with van der Waals surface area (Å²) in [5, 5.41) is 9.61. The fraction of sp³-hybridized carbons (Fsp3) is 1.00. The average Bonchev–Trinajstić information content (AvgIpc) is 1.95. The maximum atomic E-state index is 9.61. The van der Waals surface area contributed by atoms with E-state index in [-0.39, 0.29) is 11.5 Å². The summed E-state index contributed by atoms with van der Waals surface area (Å²) >= 11 is 0. The van der Waals surface area contributed by atoms with Crippen LogP contribution in [0.15, 0.2) is 0 Å². The molecule has 1 rings (SSSR count). The molecule has 0 bridgehead atoms. The lowest BCUT2D eigenvalue weighted by atomic mass is 9.65. The van der Waals surface area contributed by atoms with Crippen molar-refractivity contribution in [1.82, 2.24) is 0 Å². The van der Waals surface area contributed by atoms with Gasteiger partial charge in [-0.15, -0.1) is 0 Å². The predicted molar refractivity (Wildman–Crippen MR) is 47.4 cm³/mol. The van der Waals surface area contributed by atoms with E-state index in [9.17, 15) is 5.11 Å². The van der Waals surface area contributed by atoms with Crippen molar-refractivity contribution in [2.75, 3.05) is 0 Å². The summed E-state index contributed by atoms with van der Waals surface area (Å²) < 4.78 is 0. The van der Waals surface area contributed by atoms with Gasteiger partial charge in [-0.2, -0.15) is 0 Å². The molecule has 1 unspecified atom stereocenters. The molecule has 1 aliphatic rings. The van der Waals surface area contributed by atoms with E-state index >= 15 is 0 Å². The van der Waals surface area contributed by atoms with Crippen LogP contribution in [0.4, 0.5) is 0 Å². The smallest absolute Gasteiger partial charge is 0.0568 e. The van der Waals surface area contributed by atoms with Crippen LogP contribution < -0.4 is 0 Å². The summed E-state index contributed by atoms with van der Waals surface area (Å²) in [5.74, 6) is 0.691. The van der Waals surface area contributed by atoms with Gasteiger partial charge in [-0.25, -0.2) is 0 Å². The summed E-state index contributed by atoms with van der Waals surface area (Å²) in [5.41, 5.74) is 0.193. The maximum Gasteiger partial charge on any atom is 0.0568 e. The van der Waals surface area contributed by atoms with Crippen molar-refractivity contribution >= 4 is 0 Å². The molecule has 3 atom stereocenters. The first-order valence-electron chi connectivity index (χ1n) is 4.75. The van der Waals surface area contributed by atoms with E-state index in [0.717, 1.165) is 0 Å². The molecule has 0 spiro atoms. The van der Waals surface area contributed by atoms with Crippen LogP contribution in [0, 0.1) is 11.3 Å². The number of aliphatic hydroxyl groups is 1. The second kappa shape index (κ2) is 3.14. The van der Waals surface area contributed by atoms with Crippen LogP contribution in [0.25, 0.3) is 0 Å². The second-order valence-electron chi connectivity index (χ2n) is 4.33. The molecule has 0 amide bonds. The van der Waals surface area contributed by atoms with Gasteiger partial charge >= 0.3 is 0 Å². The first-order chi connectivity index (χ1) is 5.07. The third-order valence-corrected chi connectivity index (χ3v) is 3.68. The molecule has 0 aromatic rings. The van der Waals surface area contributed by atoms with Crippen molar-refractivity contribution < 1.29 is 5.11 Å². The standard InChI is InChI=1S/C10H20O/c1-8-6-4-5-7-10(8,3)9(2)11/h8-9,11H,4-7H2,1-3H3/t8?,9-,10+/m1/s1. The highest BCUT2D eigenvalue weighted by atomic mass is 16.3. The summed E-state index contributed by atoms with van der Waals surface area (Å²) in [7, 11) is 0. The predicted octanol–water partition coefficient (Wildman–Crippen LogP) is 2.58. The summed E-state index contributed by atoms with van der Waals surface area (Å²) in [6, 6.07) is 0. The molecule has 66 valence electrons. The first kappa shape index (κ1) is 9.05. The molecule has 0 radical (unpaired) electrons. The van der Waals surface area contributed by atoms with Gasteiger partial charge in [0.15, 0.2) is 0 Å². The van der Waals surface area contributed by atoms with Gasteiger partial charge in [-0.3, -0.25) is 0 Å². The summed E-state index contributed by atoms with van der Waals surface area (Å²) in [4.78, 5) is 0. The van der Waals surface area contributed by atoms with E-state index < -0.39 is 0 Å². The molecule has 0 aromatic carbocycles. The van der Waals surface area contributed by atoms with Gasteiger partial charge in [0, 0.05) is 0 Å². The molecule has 0 aromatic heterocycles. The van der Waals surface area contributed by atoms with E-state index in [2.05, 4.69) is 13.8 Å². The minimum atomic E-state index is -0.141. The summed E-state index contributed by atoms with van der Waals surface area (Å²) in [6.07, 6.45) is 5.00. The van der Waals surface area contributed by atoms with Crippen LogP contribution in [0.1, 0.15) is 46.5 Å². The fourth-order valence-electron chi connectivity index (χ4n) is 2.15. The van der Waals surface area contributed by atoms with Crippen molar-refractivity contribution in [2.24, 2.45) is 11.3 Å². The average molecular weight is 156 g/mol. The number of aliphatic hydroxyl groups excluding tert-OH is 1. The highest BCUT2D eigenvalue weighted by molar-refractivity contribution is 4.87. The molecule has 1 fully saturated rings.